The van der Waals surface area contributed by atoms with Crippen molar-refractivity contribution >= 4 is 0 Å². The smallest absolute Gasteiger partial charge is 0.0957 e. The zero-order valence-electron chi connectivity index (χ0n) is 12.1. The van der Waals surface area contributed by atoms with Gasteiger partial charge in [0.25, 0.3) is 0 Å². The largest absolute Gasteiger partial charge is 0.364 e. The molecule has 1 atom stereocenters. The molecule has 0 bridgehead atoms. The molecule has 1 heterocycles. The summed E-state index contributed by atoms with van der Waals surface area (Å²) >= 11 is 0. The predicted molar refractivity (Wildman–Crippen MR) is 78.4 cm³/mol. The summed E-state index contributed by atoms with van der Waals surface area (Å²) in [5, 5.41) is 3.58. The van der Waals surface area contributed by atoms with Crippen LogP contribution in [0.25, 0.3) is 0 Å². The average Bonchev–Trinajstić information content (AvgIpc) is 2.87. The van der Waals surface area contributed by atoms with Gasteiger partial charge in [0, 0.05) is 13.1 Å². The lowest BCUT2D eigenvalue weighted by Crippen LogP contribution is -2.49. The van der Waals surface area contributed by atoms with Crippen molar-refractivity contribution in [3.8, 4) is 0 Å². The molecule has 2 heteroatoms. The van der Waals surface area contributed by atoms with Crippen LogP contribution in [0.1, 0.15) is 62.7 Å². The standard InChI is InChI=1S/C17H25NO/c1-13(2)14-5-7-15(8-6-14)16-11-18-12-17(19-16)9-3-4-10-17/h5-8,13,16,18H,3-4,9-12H2,1-2H3. The third kappa shape index (κ3) is 2.70. The van der Waals surface area contributed by atoms with Crippen LogP contribution >= 0.6 is 0 Å². The number of morpholine rings is 1. The van der Waals surface area contributed by atoms with E-state index in [4.69, 9.17) is 4.74 Å². The highest BCUT2D eigenvalue weighted by molar-refractivity contribution is 5.27. The molecule has 0 aromatic heterocycles. The normalized spacial score (nSPS) is 26.2. The van der Waals surface area contributed by atoms with Crippen LogP contribution in [-0.4, -0.2) is 18.7 Å². The molecule has 1 spiro atoms. The summed E-state index contributed by atoms with van der Waals surface area (Å²) in [5.41, 5.74) is 2.85. The van der Waals surface area contributed by atoms with Crippen molar-refractivity contribution in [2.45, 2.75) is 57.2 Å². The van der Waals surface area contributed by atoms with E-state index in [1.165, 1.54) is 36.8 Å². The van der Waals surface area contributed by atoms with Gasteiger partial charge in [-0.2, -0.15) is 0 Å². The molecular weight excluding hydrogens is 234 g/mol. The van der Waals surface area contributed by atoms with Crippen LogP contribution < -0.4 is 5.32 Å². The van der Waals surface area contributed by atoms with Gasteiger partial charge >= 0.3 is 0 Å². The maximum Gasteiger partial charge on any atom is 0.0957 e. The van der Waals surface area contributed by atoms with Crippen molar-refractivity contribution in [1.82, 2.24) is 5.32 Å². The fourth-order valence-electron chi connectivity index (χ4n) is 3.41. The van der Waals surface area contributed by atoms with E-state index in [-0.39, 0.29) is 11.7 Å². The van der Waals surface area contributed by atoms with Crippen molar-refractivity contribution in [3.05, 3.63) is 35.4 Å². The summed E-state index contributed by atoms with van der Waals surface area (Å²) in [5.74, 6) is 0.598. The zero-order valence-corrected chi connectivity index (χ0v) is 12.1. The van der Waals surface area contributed by atoms with Gasteiger partial charge in [0.05, 0.1) is 11.7 Å². The quantitative estimate of drug-likeness (QED) is 0.872. The van der Waals surface area contributed by atoms with Crippen LogP contribution in [0.4, 0.5) is 0 Å². The molecule has 104 valence electrons. The van der Waals surface area contributed by atoms with E-state index in [9.17, 15) is 0 Å². The first-order valence-electron chi connectivity index (χ1n) is 7.67. The van der Waals surface area contributed by atoms with Crippen LogP contribution in [0.2, 0.25) is 0 Å². The molecule has 2 nitrogen and oxygen atoms in total. The maximum absolute atomic E-state index is 6.46. The molecule has 1 saturated heterocycles. The predicted octanol–water partition coefficient (Wildman–Crippen LogP) is 3.78. The molecule has 1 aromatic carbocycles. The van der Waals surface area contributed by atoms with Gasteiger partial charge < -0.3 is 10.1 Å². The number of hydrogen-bond donors (Lipinski definition) is 1. The summed E-state index contributed by atoms with van der Waals surface area (Å²) in [6, 6.07) is 8.99. The molecule has 0 radical (unpaired) electrons. The van der Waals surface area contributed by atoms with Gasteiger partial charge in [0.15, 0.2) is 0 Å². The molecule has 0 amide bonds. The Labute approximate surface area is 116 Å². The molecule has 1 aromatic rings. The van der Waals surface area contributed by atoms with Gasteiger partial charge in [-0.15, -0.1) is 0 Å². The SMILES string of the molecule is CC(C)c1ccc(C2CNCC3(CCCC3)O2)cc1. The summed E-state index contributed by atoms with van der Waals surface area (Å²) in [6.45, 7) is 6.46. The van der Waals surface area contributed by atoms with Crippen molar-refractivity contribution in [3.63, 3.8) is 0 Å². The Hall–Kier alpha value is -0.860. The second-order valence-corrected chi connectivity index (χ2v) is 6.45. The van der Waals surface area contributed by atoms with Crippen molar-refractivity contribution in [1.29, 1.82) is 0 Å². The minimum atomic E-state index is 0.125. The molecule has 3 rings (SSSR count). The average molecular weight is 259 g/mol. The van der Waals surface area contributed by atoms with Crippen LogP contribution in [0, 0.1) is 0 Å². The number of benzene rings is 1. The van der Waals surface area contributed by atoms with E-state index in [1.807, 2.05) is 0 Å². The number of hydrogen-bond acceptors (Lipinski definition) is 2. The third-order valence-electron chi connectivity index (χ3n) is 4.66. The van der Waals surface area contributed by atoms with Crippen LogP contribution in [0.5, 0.6) is 0 Å². The lowest BCUT2D eigenvalue weighted by molar-refractivity contribution is -0.114. The van der Waals surface area contributed by atoms with Crippen molar-refractivity contribution < 1.29 is 4.74 Å². The van der Waals surface area contributed by atoms with E-state index >= 15 is 0 Å². The molecule has 1 unspecified atom stereocenters. The fourth-order valence-corrected chi connectivity index (χ4v) is 3.41. The summed E-state index contributed by atoms with van der Waals surface area (Å²) in [4.78, 5) is 0. The monoisotopic (exact) mass is 259 g/mol. The van der Waals surface area contributed by atoms with Crippen LogP contribution in [0.15, 0.2) is 24.3 Å². The molecule has 1 N–H and O–H groups in total. The van der Waals surface area contributed by atoms with Gasteiger partial charge in [-0.25, -0.2) is 0 Å². The summed E-state index contributed by atoms with van der Waals surface area (Å²) in [7, 11) is 0. The van der Waals surface area contributed by atoms with Crippen LogP contribution in [-0.2, 0) is 4.74 Å². The minimum absolute atomic E-state index is 0.125. The fraction of sp³-hybridized carbons (Fsp3) is 0.647. The van der Waals surface area contributed by atoms with Gasteiger partial charge in [-0.3, -0.25) is 0 Å². The van der Waals surface area contributed by atoms with Crippen molar-refractivity contribution in [2.75, 3.05) is 13.1 Å². The first-order valence-corrected chi connectivity index (χ1v) is 7.67. The first kappa shape index (κ1) is 13.1. The molecule has 1 aliphatic carbocycles. The minimum Gasteiger partial charge on any atom is -0.364 e. The zero-order chi connectivity index (χ0) is 13.3. The van der Waals surface area contributed by atoms with Crippen molar-refractivity contribution in [2.24, 2.45) is 0 Å². The molecule has 2 aliphatic rings. The molecule has 1 aliphatic heterocycles. The maximum atomic E-state index is 6.46. The summed E-state index contributed by atoms with van der Waals surface area (Å²) < 4.78 is 6.46. The van der Waals surface area contributed by atoms with E-state index in [0.29, 0.717) is 5.92 Å². The Kier molecular flexibility index (Phi) is 3.64. The lowest BCUT2D eigenvalue weighted by atomic mass is 9.96. The first-order chi connectivity index (χ1) is 9.19. The highest BCUT2D eigenvalue weighted by Crippen LogP contribution is 2.39. The highest BCUT2D eigenvalue weighted by atomic mass is 16.5. The van der Waals surface area contributed by atoms with Gasteiger partial charge in [0.2, 0.25) is 0 Å². The second kappa shape index (κ2) is 5.26. The highest BCUT2D eigenvalue weighted by Gasteiger charge is 2.39. The second-order valence-electron chi connectivity index (χ2n) is 6.45. The van der Waals surface area contributed by atoms with E-state index in [2.05, 4.69) is 43.4 Å². The molecule has 19 heavy (non-hydrogen) atoms. The third-order valence-corrected chi connectivity index (χ3v) is 4.66. The van der Waals surface area contributed by atoms with Crippen LogP contribution in [0.3, 0.4) is 0 Å². The Bertz CT molecular complexity index is 417. The van der Waals surface area contributed by atoms with Gasteiger partial charge in [-0.05, 0) is 29.9 Å². The van der Waals surface area contributed by atoms with Gasteiger partial charge in [-0.1, -0.05) is 51.0 Å². The topological polar surface area (TPSA) is 21.3 Å². The molecule has 1 saturated carbocycles. The van der Waals surface area contributed by atoms with E-state index in [0.717, 1.165) is 13.1 Å². The molecule has 2 fully saturated rings. The Morgan fingerprint density at radius 1 is 1.16 bits per heavy atom. The molecular formula is C17H25NO. The Morgan fingerprint density at radius 3 is 2.47 bits per heavy atom. The Morgan fingerprint density at radius 2 is 1.84 bits per heavy atom. The van der Waals surface area contributed by atoms with E-state index < -0.39 is 0 Å². The number of ether oxygens (including phenoxy) is 1. The van der Waals surface area contributed by atoms with E-state index in [1.54, 1.807) is 0 Å². The number of rotatable bonds is 2. The summed E-state index contributed by atoms with van der Waals surface area (Å²) in [6.07, 6.45) is 5.32. The lowest BCUT2D eigenvalue weighted by Gasteiger charge is -2.39. The van der Waals surface area contributed by atoms with Gasteiger partial charge in [0.1, 0.15) is 0 Å². The Balaban J connectivity index is 1.74. The number of nitrogens with one attached hydrogen (secondary N) is 1.